The molecule has 0 radical (unpaired) electrons. The van der Waals surface area contributed by atoms with E-state index in [0.717, 1.165) is 36.8 Å². The number of sulfonamides is 1. The number of fused-ring (bicyclic) bond motifs is 1. The third-order valence-electron chi connectivity index (χ3n) is 8.14. The van der Waals surface area contributed by atoms with Crippen molar-refractivity contribution < 1.29 is 23.1 Å². The Balaban J connectivity index is 1.45. The number of benzene rings is 2. The number of carbonyl (C=O) groups is 1. The van der Waals surface area contributed by atoms with Crippen molar-refractivity contribution >= 4 is 15.9 Å². The lowest BCUT2D eigenvalue weighted by Gasteiger charge is -2.44. The van der Waals surface area contributed by atoms with Crippen molar-refractivity contribution in [3.8, 4) is 16.9 Å². The summed E-state index contributed by atoms with van der Waals surface area (Å²) in [4.78, 5) is 17.1. The Hall–Kier alpha value is -2.46. The zero-order valence-electron chi connectivity index (χ0n) is 21.7. The fraction of sp³-hybridized carbons (Fsp3) is 0.536. The molecule has 1 aliphatic carbocycles. The lowest BCUT2D eigenvalue weighted by atomic mass is 9.78. The second-order valence-electron chi connectivity index (χ2n) is 11.4. The molecule has 1 atom stereocenters. The number of hydrogen-bond acceptors (Lipinski definition) is 6. The van der Waals surface area contributed by atoms with Crippen LogP contribution in [-0.2, 0) is 14.8 Å². The molecular formula is C28H37N3O5S. The minimum Gasteiger partial charge on any atom is -0.492 e. The minimum atomic E-state index is -3.90. The predicted octanol–water partition coefficient (Wildman–Crippen LogP) is 2.73. The number of β-amino-alcohol motifs (C(OH)–C–C–N with tert-alkyl or cyclic N) is 1. The van der Waals surface area contributed by atoms with Crippen LogP contribution in [0, 0.1) is 10.8 Å². The SMILES string of the molecule is CN1CC(O)CNS(=O)(=O)c2ccc(-c3ccccc3)cc2OCC2(CCN(C(=O)C3(C)CC3)CC2)C1. The lowest BCUT2D eigenvalue weighted by Crippen LogP contribution is -2.52. The van der Waals surface area contributed by atoms with Crippen molar-refractivity contribution in [2.45, 2.75) is 43.6 Å². The van der Waals surface area contributed by atoms with Crippen LogP contribution >= 0.6 is 0 Å². The molecule has 2 N–H and O–H groups in total. The molecule has 2 aliphatic heterocycles. The quantitative estimate of drug-likeness (QED) is 0.623. The van der Waals surface area contributed by atoms with Crippen LogP contribution in [0.1, 0.15) is 32.6 Å². The van der Waals surface area contributed by atoms with E-state index >= 15 is 0 Å². The monoisotopic (exact) mass is 527 g/mol. The van der Waals surface area contributed by atoms with Crippen molar-refractivity contribution in [3.05, 3.63) is 48.5 Å². The first-order valence-electron chi connectivity index (χ1n) is 13.1. The maximum absolute atomic E-state index is 13.2. The summed E-state index contributed by atoms with van der Waals surface area (Å²) in [7, 11) is -1.96. The van der Waals surface area contributed by atoms with Gasteiger partial charge in [-0.05, 0) is 56.0 Å². The molecule has 1 saturated carbocycles. The first-order chi connectivity index (χ1) is 17.6. The van der Waals surface area contributed by atoms with E-state index < -0.39 is 16.1 Å². The Morgan fingerprint density at radius 3 is 2.43 bits per heavy atom. The van der Waals surface area contributed by atoms with Crippen LogP contribution in [0.5, 0.6) is 5.75 Å². The summed E-state index contributed by atoms with van der Waals surface area (Å²) in [5, 5.41) is 10.6. The van der Waals surface area contributed by atoms with Crippen LogP contribution in [0.25, 0.3) is 11.1 Å². The highest BCUT2D eigenvalue weighted by atomic mass is 32.2. The van der Waals surface area contributed by atoms with Gasteiger partial charge >= 0.3 is 0 Å². The molecule has 5 rings (SSSR count). The molecule has 1 spiro atoms. The fourth-order valence-electron chi connectivity index (χ4n) is 5.54. The van der Waals surface area contributed by atoms with Gasteiger partial charge in [0.15, 0.2) is 0 Å². The highest BCUT2D eigenvalue weighted by Gasteiger charge is 2.49. The predicted molar refractivity (Wildman–Crippen MR) is 142 cm³/mol. The van der Waals surface area contributed by atoms with Gasteiger partial charge in [0.2, 0.25) is 15.9 Å². The number of aliphatic hydroxyl groups excluding tert-OH is 1. The third-order valence-corrected chi connectivity index (χ3v) is 9.60. The molecule has 1 amide bonds. The molecule has 2 aromatic carbocycles. The van der Waals surface area contributed by atoms with Crippen molar-refractivity contribution in [2.24, 2.45) is 10.8 Å². The van der Waals surface area contributed by atoms with Crippen LogP contribution in [0.4, 0.5) is 0 Å². The van der Waals surface area contributed by atoms with Gasteiger partial charge in [-0.25, -0.2) is 13.1 Å². The zero-order chi connectivity index (χ0) is 26.3. The van der Waals surface area contributed by atoms with Gasteiger partial charge in [-0.1, -0.05) is 43.3 Å². The minimum absolute atomic E-state index is 0.0673. The van der Waals surface area contributed by atoms with Gasteiger partial charge in [0.05, 0.1) is 12.7 Å². The van der Waals surface area contributed by atoms with Gasteiger partial charge in [0, 0.05) is 43.6 Å². The van der Waals surface area contributed by atoms with Crippen LogP contribution in [0.3, 0.4) is 0 Å². The van der Waals surface area contributed by atoms with Gasteiger partial charge < -0.3 is 19.6 Å². The smallest absolute Gasteiger partial charge is 0.244 e. The Bertz CT molecular complexity index is 1240. The number of rotatable bonds is 2. The molecule has 0 aromatic heterocycles. The number of nitrogens with zero attached hydrogens (tertiary/aromatic N) is 2. The van der Waals surface area contributed by atoms with Gasteiger partial charge in [-0.2, -0.15) is 0 Å². The van der Waals surface area contributed by atoms with Gasteiger partial charge in [0.1, 0.15) is 10.6 Å². The molecule has 1 saturated heterocycles. The van der Waals surface area contributed by atoms with Crippen molar-refractivity contribution in [1.82, 2.24) is 14.5 Å². The number of amides is 1. The summed E-state index contributed by atoms with van der Waals surface area (Å²) >= 11 is 0. The average Bonchev–Trinajstić information content (AvgIpc) is 3.64. The normalized spacial score (nSPS) is 25.3. The molecular weight excluding hydrogens is 490 g/mol. The van der Waals surface area contributed by atoms with E-state index in [0.29, 0.717) is 38.5 Å². The molecule has 2 heterocycles. The fourth-order valence-corrected chi connectivity index (χ4v) is 6.74. The lowest BCUT2D eigenvalue weighted by molar-refractivity contribution is -0.139. The van der Waals surface area contributed by atoms with Crippen molar-refractivity contribution in [1.29, 1.82) is 0 Å². The van der Waals surface area contributed by atoms with E-state index in [2.05, 4.69) is 4.72 Å². The second-order valence-corrected chi connectivity index (χ2v) is 13.1. The largest absolute Gasteiger partial charge is 0.492 e. The molecule has 1 unspecified atom stereocenters. The first kappa shape index (κ1) is 26.2. The van der Waals surface area contributed by atoms with E-state index in [4.69, 9.17) is 4.74 Å². The molecule has 3 aliphatic rings. The van der Waals surface area contributed by atoms with Crippen molar-refractivity contribution in [3.63, 3.8) is 0 Å². The summed E-state index contributed by atoms with van der Waals surface area (Å²) in [6.07, 6.45) is 2.59. The number of aliphatic hydroxyl groups is 1. The van der Waals surface area contributed by atoms with Crippen molar-refractivity contribution in [2.75, 3.05) is 46.4 Å². The third kappa shape index (κ3) is 5.70. The Labute approximate surface area is 219 Å². The molecule has 2 aromatic rings. The number of likely N-dealkylation sites (tertiary alicyclic amines) is 1. The number of ether oxygens (including phenoxy) is 1. The van der Waals surface area contributed by atoms with E-state index in [1.807, 2.05) is 54.1 Å². The number of piperidine rings is 1. The summed E-state index contributed by atoms with van der Waals surface area (Å²) in [6, 6.07) is 14.9. The van der Waals surface area contributed by atoms with E-state index in [1.54, 1.807) is 18.2 Å². The van der Waals surface area contributed by atoms with E-state index in [-0.39, 0.29) is 28.2 Å². The summed E-state index contributed by atoms with van der Waals surface area (Å²) in [5.74, 6) is 0.546. The first-order valence-corrected chi connectivity index (χ1v) is 14.6. The maximum atomic E-state index is 13.2. The topological polar surface area (TPSA) is 99.2 Å². The molecule has 200 valence electrons. The molecule has 9 heteroatoms. The standard InChI is InChI=1S/C28H37N3O5S/c1-27(10-11-27)26(33)31-14-12-28(13-15-31)19-30(2)18-23(32)17-29-37(34,35)25-9-8-22(16-24(25)36-20-28)21-6-4-3-5-7-21/h3-9,16,23,29,32H,10-15,17-20H2,1-2H3. The Morgan fingerprint density at radius 1 is 1.05 bits per heavy atom. The van der Waals surface area contributed by atoms with Gasteiger partial charge in [-0.3, -0.25) is 4.79 Å². The number of carbonyl (C=O) groups excluding carboxylic acids is 1. The van der Waals surface area contributed by atoms with E-state index in [9.17, 15) is 18.3 Å². The Kier molecular flexibility index (Phi) is 7.08. The maximum Gasteiger partial charge on any atom is 0.244 e. The summed E-state index contributed by atoms with van der Waals surface area (Å²) < 4.78 is 35.4. The van der Waals surface area contributed by atoms with Gasteiger partial charge in [-0.15, -0.1) is 0 Å². The number of likely N-dealkylation sites (N-methyl/N-ethyl adjacent to an activating group) is 1. The van der Waals surface area contributed by atoms with Crippen LogP contribution in [0.15, 0.2) is 53.4 Å². The van der Waals surface area contributed by atoms with Crippen LogP contribution in [0.2, 0.25) is 0 Å². The number of hydrogen-bond donors (Lipinski definition) is 2. The highest BCUT2D eigenvalue weighted by Crippen LogP contribution is 2.47. The van der Waals surface area contributed by atoms with Crippen LogP contribution < -0.4 is 9.46 Å². The average molecular weight is 528 g/mol. The number of nitrogens with one attached hydrogen (secondary N) is 1. The molecule has 2 fully saturated rings. The van der Waals surface area contributed by atoms with E-state index in [1.165, 1.54) is 0 Å². The zero-order valence-corrected chi connectivity index (χ0v) is 22.5. The molecule has 8 nitrogen and oxygen atoms in total. The molecule has 0 bridgehead atoms. The molecule has 37 heavy (non-hydrogen) atoms. The summed E-state index contributed by atoms with van der Waals surface area (Å²) in [6.45, 7) is 4.63. The Morgan fingerprint density at radius 2 is 1.76 bits per heavy atom. The van der Waals surface area contributed by atoms with Crippen LogP contribution in [-0.4, -0.2) is 81.7 Å². The summed E-state index contributed by atoms with van der Waals surface area (Å²) in [5.41, 5.74) is 1.37. The highest BCUT2D eigenvalue weighted by molar-refractivity contribution is 7.89. The second kappa shape index (κ2) is 10.0. The van der Waals surface area contributed by atoms with Gasteiger partial charge in [0.25, 0.3) is 0 Å².